The Kier molecular flexibility index (Phi) is 3.76. The monoisotopic (exact) mass is 290 g/mol. The summed E-state index contributed by atoms with van der Waals surface area (Å²) in [6.45, 7) is 3.63. The summed E-state index contributed by atoms with van der Waals surface area (Å²) in [5.74, 6) is -0.137. The molecule has 3 rings (SSSR count). The van der Waals surface area contributed by atoms with Crippen LogP contribution in [0, 0.1) is 5.82 Å². The number of anilines is 1. The summed E-state index contributed by atoms with van der Waals surface area (Å²) in [4.78, 5) is 3.57. The molecule has 2 aromatic rings. The molecule has 0 saturated carbocycles. The van der Waals surface area contributed by atoms with Crippen molar-refractivity contribution in [1.29, 1.82) is 0 Å². The van der Waals surface area contributed by atoms with Gasteiger partial charge in [-0.1, -0.05) is 6.07 Å². The molecule has 0 fully saturated rings. The molecule has 2 heterocycles. The lowest BCUT2D eigenvalue weighted by molar-refractivity contribution is 0.607. The normalized spacial score (nSPS) is 16.1. The maximum Gasteiger partial charge on any atom is 0.146 e. The van der Waals surface area contributed by atoms with E-state index in [0.717, 1.165) is 25.1 Å². The smallest absolute Gasteiger partial charge is 0.146 e. The van der Waals surface area contributed by atoms with Crippen molar-refractivity contribution in [3.8, 4) is 0 Å². The van der Waals surface area contributed by atoms with Crippen molar-refractivity contribution in [2.24, 2.45) is 5.73 Å². The zero-order valence-corrected chi connectivity index (χ0v) is 12.4. The van der Waals surface area contributed by atoms with Crippen LogP contribution < -0.4 is 10.6 Å². The summed E-state index contributed by atoms with van der Waals surface area (Å²) in [5.41, 5.74) is 8.77. The summed E-state index contributed by atoms with van der Waals surface area (Å²) in [5, 5.41) is 2.12. The van der Waals surface area contributed by atoms with Crippen LogP contribution in [0.15, 0.2) is 29.6 Å². The highest BCUT2D eigenvalue weighted by Gasteiger charge is 2.19. The lowest BCUT2D eigenvalue weighted by atomic mass is 10.0. The molecular formula is C16H19FN2S. The summed E-state index contributed by atoms with van der Waals surface area (Å²) in [6, 6.07) is 7.72. The van der Waals surface area contributed by atoms with Crippen molar-refractivity contribution in [2.75, 3.05) is 11.4 Å². The first-order valence-electron chi connectivity index (χ1n) is 6.97. The molecule has 106 valence electrons. The Bertz CT molecular complexity index is 606. The molecule has 0 radical (unpaired) electrons. The number of hydrogen-bond acceptors (Lipinski definition) is 3. The molecule has 1 aromatic carbocycles. The third kappa shape index (κ3) is 2.72. The minimum absolute atomic E-state index is 0.0589. The molecule has 1 aliphatic rings. The fourth-order valence-electron chi connectivity index (χ4n) is 2.76. The fraction of sp³-hybridized carbons (Fsp3) is 0.375. The number of halogens is 1. The van der Waals surface area contributed by atoms with E-state index in [1.807, 2.05) is 19.1 Å². The van der Waals surface area contributed by atoms with Crippen molar-refractivity contribution in [2.45, 2.75) is 32.4 Å². The first kappa shape index (κ1) is 13.6. The van der Waals surface area contributed by atoms with Gasteiger partial charge in [0.2, 0.25) is 0 Å². The highest BCUT2D eigenvalue weighted by molar-refractivity contribution is 7.10. The van der Waals surface area contributed by atoms with Gasteiger partial charge < -0.3 is 10.6 Å². The predicted octanol–water partition coefficient (Wildman–Crippen LogP) is 3.34. The molecule has 4 heteroatoms. The fourth-order valence-corrected chi connectivity index (χ4v) is 3.65. The lowest BCUT2D eigenvalue weighted by Gasteiger charge is -2.29. The molecule has 0 bridgehead atoms. The molecule has 0 amide bonds. The van der Waals surface area contributed by atoms with E-state index >= 15 is 0 Å². The van der Waals surface area contributed by atoms with Crippen molar-refractivity contribution < 1.29 is 4.39 Å². The van der Waals surface area contributed by atoms with E-state index in [2.05, 4.69) is 16.3 Å². The Balaban J connectivity index is 1.81. The Morgan fingerprint density at radius 2 is 2.25 bits per heavy atom. The number of nitrogens with two attached hydrogens (primary N) is 1. The third-order valence-corrected chi connectivity index (χ3v) is 4.74. The van der Waals surface area contributed by atoms with Crippen LogP contribution in [0.25, 0.3) is 0 Å². The summed E-state index contributed by atoms with van der Waals surface area (Å²) >= 11 is 1.80. The summed E-state index contributed by atoms with van der Waals surface area (Å²) in [6.07, 6.45) is 1.72. The zero-order valence-electron chi connectivity index (χ0n) is 11.6. The molecular weight excluding hydrogens is 271 g/mol. The van der Waals surface area contributed by atoms with Crippen LogP contribution in [0.1, 0.15) is 22.9 Å². The molecule has 2 nitrogen and oxygen atoms in total. The van der Waals surface area contributed by atoms with E-state index in [0.29, 0.717) is 12.1 Å². The number of benzene rings is 1. The highest BCUT2D eigenvalue weighted by Crippen LogP contribution is 2.29. The maximum atomic E-state index is 14.3. The topological polar surface area (TPSA) is 29.3 Å². The highest BCUT2D eigenvalue weighted by atomic mass is 32.1. The van der Waals surface area contributed by atoms with Crippen LogP contribution in [0.2, 0.25) is 0 Å². The predicted molar refractivity (Wildman–Crippen MR) is 82.8 cm³/mol. The molecule has 0 aliphatic carbocycles. The van der Waals surface area contributed by atoms with Gasteiger partial charge in [-0.3, -0.25) is 0 Å². The largest absolute Gasteiger partial charge is 0.364 e. The second-order valence-corrected chi connectivity index (χ2v) is 6.51. The standard InChI is InChI=1S/C16H19FN2S/c1-11(18)8-12-2-3-15(14(17)9-12)19-6-4-16-13(10-19)5-7-20-16/h2-3,5,7,9,11H,4,6,8,10,18H2,1H3. The molecule has 0 saturated heterocycles. The number of nitrogens with zero attached hydrogens (tertiary/aromatic N) is 1. The van der Waals surface area contributed by atoms with Crippen LogP contribution in [0.4, 0.5) is 10.1 Å². The van der Waals surface area contributed by atoms with Crippen LogP contribution in [-0.4, -0.2) is 12.6 Å². The Morgan fingerprint density at radius 1 is 1.40 bits per heavy atom. The lowest BCUT2D eigenvalue weighted by Crippen LogP contribution is -2.30. The van der Waals surface area contributed by atoms with Crippen LogP contribution >= 0.6 is 11.3 Å². The van der Waals surface area contributed by atoms with Crippen LogP contribution in [0.3, 0.4) is 0 Å². The van der Waals surface area contributed by atoms with Gasteiger partial charge in [-0.15, -0.1) is 11.3 Å². The molecule has 1 unspecified atom stereocenters. The minimum Gasteiger partial charge on any atom is -0.364 e. The molecule has 20 heavy (non-hydrogen) atoms. The van der Waals surface area contributed by atoms with E-state index in [9.17, 15) is 4.39 Å². The Labute approximate surface area is 123 Å². The molecule has 1 aromatic heterocycles. The van der Waals surface area contributed by atoms with Gasteiger partial charge >= 0.3 is 0 Å². The van der Waals surface area contributed by atoms with E-state index in [4.69, 9.17) is 5.73 Å². The van der Waals surface area contributed by atoms with Gasteiger partial charge in [0.1, 0.15) is 5.82 Å². The van der Waals surface area contributed by atoms with E-state index in [1.54, 1.807) is 17.4 Å². The van der Waals surface area contributed by atoms with Crippen molar-refractivity contribution in [3.63, 3.8) is 0 Å². The van der Waals surface area contributed by atoms with Gasteiger partial charge in [-0.25, -0.2) is 4.39 Å². The number of hydrogen-bond donors (Lipinski definition) is 1. The second-order valence-electron chi connectivity index (χ2n) is 5.51. The first-order chi connectivity index (χ1) is 9.63. The van der Waals surface area contributed by atoms with E-state index in [-0.39, 0.29) is 11.9 Å². The third-order valence-electron chi connectivity index (χ3n) is 3.72. The van der Waals surface area contributed by atoms with Gasteiger partial charge in [0.05, 0.1) is 5.69 Å². The van der Waals surface area contributed by atoms with Gasteiger partial charge in [0, 0.05) is 24.0 Å². The number of rotatable bonds is 3. The first-order valence-corrected chi connectivity index (χ1v) is 7.85. The van der Waals surface area contributed by atoms with Crippen molar-refractivity contribution in [1.82, 2.24) is 0 Å². The second kappa shape index (κ2) is 5.54. The molecule has 1 atom stereocenters. The number of thiophene rings is 1. The average Bonchev–Trinajstić information content (AvgIpc) is 2.85. The van der Waals surface area contributed by atoms with Crippen LogP contribution in [-0.2, 0) is 19.4 Å². The quantitative estimate of drug-likeness (QED) is 0.939. The van der Waals surface area contributed by atoms with Gasteiger partial charge in [-0.2, -0.15) is 0 Å². The van der Waals surface area contributed by atoms with Gasteiger partial charge in [0.15, 0.2) is 0 Å². The average molecular weight is 290 g/mol. The molecule has 1 aliphatic heterocycles. The summed E-state index contributed by atoms with van der Waals surface area (Å²) < 4.78 is 14.3. The summed E-state index contributed by atoms with van der Waals surface area (Å²) in [7, 11) is 0. The van der Waals surface area contributed by atoms with Gasteiger partial charge in [-0.05, 0) is 54.5 Å². The Hall–Kier alpha value is -1.39. The number of fused-ring (bicyclic) bond motifs is 1. The van der Waals surface area contributed by atoms with Gasteiger partial charge in [0.25, 0.3) is 0 Å². The van der Waals surface area contributed by atoms with Crippen molar-refractivity contribution >= 4 is 17.0 Å². The molecule has 0 spiro atoms. The van der Waals surface area contributed by atoms with E-state index < -0.39 is 0 Å². The van der Waals surface area contributed by atoms with Crippen molar-refractivity contribution in [3.05, 3.63) is 51.5 Å². The SMILES string of the molecule is CC(N)Cc1ccc(N2CCc3sccc3C2)c(F)c1. The minimum atomic E-state index is -0.137. The molecule has 2 N–H and O–H groups in total. The van der Waals surface area contributed by atoms with Crippen LogP contribution in [0.5, 0.6) is 0 Å². The zero-order chi connectivity index (χ0) is 14.1. The van der Waals surface area contributed by atoms with E-state index in [1.165, 1.54) is 10.4 Å². The Morgan fingerprint density at radius 3 is 3.00 bits per heavy atom. The maximum absolute atomic E-state index is 14.3.